The molecule has 2 N–H and O–H groups in total. The molecule has 0 aliphatic carbocycles. The number of H-pyrrole nitrogens is 1. The number of hydrogen-bond acceptors (Lipinski definition) is 2. The van der Waals surface area contributed by atoms with E-state index in [0.29, 0.717) is 11.8 Å². The standard InChI is InChI=1S/C23H26N2OS/c26-27(17-20-16-25-23-11-5-4-10-22(20)23)14-6-9-21-15-19(12-13-24-21)18-7-2-1-3-8-18/h1-5,7-8,10-12,16,21,24-25H,6,9,13-15,17H2. The number of aromatic amines is 1. The summed E-state index contributed by atoms with van der Waals surface area (Å²) in [7, 11) is 0. The second-order valence-electron chi connectivity index (χ2n) is 7.19. The first-order valence-corrected chi connectivity index (χ1v) is 11.2. The molecule has 0 saturated carbocycles. The zero-order valence-corrected chi connectivity index (χ0v) is 16.3. The van der Waals surface area contributed by atoms with Gasteiger partial charge >= 0.3 is 0 Å². The van der Waals surface area contributed by atoms with E-state index < -0.39 is 11.2 Å². The molecule has 3 aromatic rings. The van der Waals surface area contributed by atoms with Crippen LogP contribution in [0, 0.1) is 0 Å². The van der Waals surface area contributed by atoms with E-state index in [-0.39, 0.29) is 0 Å². The fraction of sp³-hybridized carbons (Fsp3) is 0.304. The van der Waals surface area contributed by atoms with Gasteiger partial charge in [-0.1, -0.05) is 54.6 Å². The van der Waals surface area contributed by atoms with Gasteiger partial charge in [0.2, 0.25) is 0 Å². The molecule has 0 spiro atoms. The fourth-order valence-corrected chi connectivity index (χ4v) is 5.07. The minimum Gasteiger partial charge on any atom is -0.616 e. The van der Waals surface area contributed by atoms with Gasteiger partial charge in [-0.05, 0) is 47.6 Å². The van der Waals surface area contributed by atoms with Crippen molar-refractivity contribution in [3.05, 3.63) is 78.0 Å². The minimum atomic E-state index is -0.817. The van der Waals surface area contributed by atoms with E-state index in [1.54, 1.807) is 0 Å². The number of rotatable bonds is 7. The average molecular weight is 379 g/mol. The molecule has 1 aliphatic rings. The van der Waals surface area contributed by atoms with Crippen LogP contribution >= 0.6 is 0 Å². The van der Waals surface area contributed by atoms with Gasteiger partial charge in [0, 0.05) is 35.2 Å². The lowest BCUT2D eigenvalue weighted by molar-refractivity contribution is 0.493. The van der Waals surface area contributed by atoms with E-state index >= 15 is 0 Å². The van der Waals surface area contributed by atoms with E-state index in [1.165, 1.54) is 16.5 Å². The Morgan fingerprint density at radius 1 is 1.04 bits per heavy atom. The normalized spacial score (nSPS) is 18.4. The topological polar surface area (TPSA) is 50.9 Å². The number of para-hydroxylation sites is 1. The molecule has 0 radical (unpaired) electrons. The monoisotopic (exact) mass is 378 g/mol. The smallest absolute Gasteiger partial charge is 0.132 e. The van der Waals surface area contributed by atoms with Crippen molar-refractivity contribution in [2.45, 2.75) is 31.1 Å². The first-order chi connectivity index (χ1) is 13.3. The van der Waals surface area contributed by atoms with Gasteiger partial charge in [-0.25, -0.2) is 0 Å². The van der Waals surface area contributed by atoms with Crippen LogP contribution < -0.4 is 5.32 Å². The van der Waals surface area contributed by atoms with Crippen LogP contribution in [0.4, 0.5) is 0 Å². The first-order valence-electron chi connectivity index (χ1n) is 9.67. The van der Waals surface area contributed by atoms with Crippen LogP contribution in [0.5, 0.6) is 0 Å². The molecule has 4 heteroatoms. The molecule has 2 unspecified atom stereocenters. The Morgan fingerprint density at radius 3 is 2.74 bits per heavy atom. The Labute approximate surface area is 164 Å². The van der Waals surface area contributed by atoms with Crippen LogP contribution in [0.1, 0.15) is 30.4 Å². The molecule has 27 heavy (non-hydrogen) atoms. The summed E-state index contributed by atoms with van der Waals surface area (Å²) in [5.41, 5.74) is 5.04. The lowest BCUT2D eigenvalue weighted by atomic mass is 9.93. The Kier molecular flexibility index (Phi) is 5.97. The molecule has 1 aliphatic heterocycles. The summed E-state index contributed by atoms with van der Waals surface area (Å²) in [6.07, 6.45) is 7.42. The van der Waals surface area contributed by atoms with Gasteiger partial charge in [0.1, 0.15) is 11.5 Å². The Morgan fingerprint density at radius 2 is 1.85 bits per heavy atom. The fourth-order valence-electron chi connectivity index (χ4n) is 3.85. The SMILES string of the molecule is [O-][S+](CCCC1CC(c2ccccc2)=CCN1)Cc1c[nH]c2ccccc12. The lowest BCUT2D eigenvalue weighted by Gasteiger charge is -2.24. The zero-order valence-electron chi connectivity index (χ0n) is 15.5. The lowest BCUT2D eigenvalue weighted by Crippen LogP contribution is -2.33. The van der Waals surface area contributed by atoms with Gasteiger partial charge in [-0.2, -0.15) is 0 Å². The van der Waals surface area contributed by atoms with Crippen molar-refractivity contribution >= 4 is 27.7 Å². The van der Waals surface area contributed by atoms with Crippen LogP contribution in [-0.2, 0) is 16.9 Å². The number of benzene rings is 2. The van der Waals surface area contributed by atoms with Crippen molar-refractivity contribution in [2.75, 3.05) is 12.3 Å². The minimum absolute atomic E-state index is 0.482. The van der Waals surface area contributed by atoms with Gasteiger partial charge in [0.05, 0.1) is 0 Å². The number of aromatic nitrogens is 1. The molecule has 2 atom stereocenters. The highest BCUT2D eigenvalue weighted by atomic mass is 32.2. The highest BCUT2D eigenvalue weighted by Gasteiger charge is 2.17. The molecule has 0 bridgehead atoms. The zero-order chi connectivity index (χ0) is 18.5. The summed E-state index contributed by atoms with van der Waals surface area (Å²) in [4.78, 5) is 3.27. The predicted octanol–water partition coefficient (Wildman–Crippen LogP) is 4.64. The summed E-state index contributed by atoms with van der Waals surface area (Å²) < 4.78 is 12.5. The first kappa shape index (κ1) is 18.4. The van der Waals surface area contributed by atoms with E-state index in [0.717, 1.165) is 42.6 Å². The maximum Gasteiger partial charge on any atom is 0.132 e. The molecular formula is C23H26N2OS. The molecule has 0 saturated heterocycles. The largest absolute Gasteiger partial charge is 0.616 e. The average Bonchev–Trinajstić information content (AvgIpc) is 3.12. The van der Waals surface area contributed by atoms with Crippen molar-refractivity contribution in [1.29, 1.82) is 0 Å². The molecule has 2 heterocycles. The number of hydrogen-bond donors (Lipinski definition) is 2. The Hall–Kier alpha value is -2.01. The summed E-state index contributed by atoms with van der Waals surface area (Å²) in [5, 5.41) is 4.77. The third-order valence-electron chi connectivity index (χ3n) is 5.28. The summed E-state index contributed by atoms with van der Waals surface area (Å²) >= 11 is -0.817. The quantitative estimate of drug-likeness (QED) is 0.588. The van der Waals surface area contributed by atoms with Gasteiger partial charge in [0.25, 0.3) is 0 Å². The Balaban J connectivity index is 1.25. The predicted molar refractivity (Wildman–Crippen MR) is 115 cm³/mol. The van der Waals surface area contributed by atoms with Gasteiger partial charge in [0.15, 0.2) is 0 Å². The van der Waals surface area contributed by atoms with Crippen molar-refractivity contribution in [2.24, 2.45) is 0 Å². The van der Waals surface area contributed by atoms with Crippen molar-refractivity contribution in [1.82, 2.24) is 10.3 Å². The Bertz CT molecular complexity index is 903. The molecule has 3 nitrogen and oxygen atoms in total. The van der Waals surface area contributed by atoms with Gasteiger partial charge in [-0.15, -0.1) is 0 Å². The third-order valence-corrected chi connectivity index (χ3v) is 6.66. The van der Waals surface area contributed by atoms with E-state index in [1.807, 2.05) is 18.3 Å². The molecule has 140 valence electrons. The van der Waals surface area contributed by atoms with E-state index in [4.69, 9.17) is 0 Å². The van der Waals surface area contributed by atoms with Crippen LogP contribution in [0.25, 0.3) is 16.5 Å². The molecule has 0 amide bonds. The second kappa shape index (κ2) is 8.79. The maximum atomic E-state index is 12.5. The number of fused-ring (bicyclic) bond motifs is 1. The third kappa shape index (κ3) is 4.64. The molecule has 2 aromatic carbocycles. The van der Waals surface area contributed by atoms with Crippen molar-refractivity contribution < 1.29 is 4.55 Å². The molecule has 4 rings (SSSR count). The molecular weight excluding hydrogens is 352 g/mol. The van der Waals surface area contributed by atoms with Crippen LogP contribution in [0.2, 0.25) is 0 Å². The summed E-state index contributed by atoms with van der Waals surface area (Å²) in [6, 6.07) is 19.3. The van der Waals surface area contributed by atoms with E-state index in [2.05, 4.69) is 58.8 Å². The highest BCUT2D eigenvalue weighted by molar-refractivity contribution is 7.90. The maximum absolute atomic E-state index is 12.5. The van der Waals surface area contributed by atoms with Crippen LogP contribution in [-0.4, -0.2) is 27.9 Å². The number of nitrogens with one attached hydrogen (secondary N) is 2. The van der Waals surface area contributed by atoms with Crippen LogP contribution in [0.3, 0.4) is 0 Å². The van der Waals surface area contributed by atoms with Crippen molar-refractivity contribution in [3.63, 3.8) is 0 Å². The second-order valence-corrected chi connectivity index (χ2v) is 8.77. The van der Waals surface area contributed by atoms with Gasteiger partial charge in [-0.3, -0.25) is 0 Å². The van der Waals surface area contributed by atoms with Crippen LogP contribution in [0.15, 0.2) is 66.9 Å². The molecule has 1 aromatic heterocycles. The van der Waals surface area contributed by atoms with E-state index in [9.17, 15) is 4.55 Å². The van der Waals surface area contributed by atoms with Crippen molar-refractivity contribution in [3.8, 4) is 0 Å². The summed E-state index contributed by atoms with van der Waals surface area (Å²) in [6.45, 7) is 0.924. The molecule has 0 fully saturated rings. The summed E-state index contributed by atoms with van der Waals surface area (Å²) in [5.74, 6) is 1.40. The highest BCUT2D eigenvalue weighted by Crippen LogP contribution is 2.25. The van der Waals surface area contributed by atoms with Gasteiger partial charge < -0.3 is 14.9 Å².